The molecule has 0 fully saturated rings. The van der Waals surface area contributed by atoms with Crippen molar-refractivity contribution in [2.75, 3.05) is 20.6 Å². The van der Waals surface area contributed by atoms with Crippen LogP contribution < -0.4 is 0 Å². The number of rotatable bonds is 6. The Morgan fingerprint density at radius 1 is 0.857 bits per heavy atom. The quantitative estimate of drug-likeness (QED) is 0.749. The number of hydrogen-bond acceptors (Lipinski definition) is 1. The molecule has 0 aliphatic rings. The molecule has 0 aliphatic heterocycles. The molecule has 1 heteroatoms. The molecule has 0 bridgehead atoms. The second-order valence-electron chi connectivity index (χ2n) is 6.30. The van der Waals surface area contributed by atoms with Gasteiger partial charge in [-0.1, -0.05) is 80.9 Å². The minimum absolute atomic E-state index is 0.0432. The molecular formula is C20H27N. The Morgan fingerprint density at radius 3 is 1.62 bits per heavy atom. The van der Waals surface area contributed by atoms with Crippen LogP contribution >= 0.6 is 0 Å². The maximum Gasteiger partial charge on any atom is 0.0214 e. The SMILES string of the molecule is CCC(CN(C)C)C(C)(c1ccccc1)c1ccccc1. The first-order valence-electron chi connectivity index (χ1n) is 7.84. The lowest BCUT2D eigenvalue weighted by Gasteiger charge is -2.40. The third-order valence-electron chi connectivity index (χ3n) is 4.64. The molecule has 1 atom stereocenters. The number of benzene rings is 2. The van der Waals surface area contributed by atoms with Crippen LogP contribution in [0.3, 0.4) is 0 Å². The van der Waals surface area contributed by atoms with Gasteiger partial charge in [0, 0.05) is 12.0 Å². The Hall–Kier alpha value is -1.60. The third kappa shape index (κ3) is 3.36. The van der Waals surface area contributed by atoms with Gasteiger partial charge in [0.05, 0.1) is 0 Å². The normalized spacial score (nSPS) is 13.4. The monoisotopic (exact) mass is 281 g/mol. The first kappa shape index (κ1) is 15.8. The summed E-state index contributed by atoms with van der Waals surface area (Å²) in [6.45, 7) is 5.80. The van der Waals surface area contributed by atoms with Gasteiger partial charge in [0.15, 0.2) is 0 Å². The van der Waals surface area contributed by atoms with E-state index in [1.165, 1.54) is 17.5 Å². The van der Waals surface area contributed by atoms with Crippen molar-refractivity contribution in [3.05, 3.63) is 71.8 Å². The van der Waals surface area contributed by atoms with Crippen molar-refractivity contribution >= 4 is 0 Å². The standard InChI is InChI=1S/C20H27N/c1-5-17(16-21(3)4)20(2,18-12-8-6-9-13-18)19-14-10-7-11-15-19/h6-15,17H,5,16H2,1-4H3. The van der Waals surface area contributed by atoms with E-state index >= 15 is 0 Å². The summed E-state index contributed by atoms with van der Waals surface area (Å²) >= 11 is 0. The second kappa shape index (κ2) is 6.91. The van der Waals surface area contributed by atoms with Gasteiger partial charge in [-0.3, -0.25) is 0 Å². The van der Waals surface area contributed by atoms with Gasteiger partial charge in [-0.15, -0.1) is 0 Å². The molecule has 0 aromatic heterocycles. The van der Waals surface area contributed by atoms with E-state index in [0.717, 1.165) is 6.54 Å². The van der Waals surface area contributed by atoms with E-state index in [1.54, 1.807) is 0 Å². The summed E-state index contributed by atoms with van der Waals surface area (Å²) in [5.74, 6) is 0.581. The molecule has 2 aromatic rings. The van der Waals surface area contributed by atoms with Crippen LogP contribution in [0, 0.1) is 5.92 Å². The molecule has 2 aromatic carbocycles. The summed E-state index contributed by atoms with van der Waals surface area (Å²) in [6.07, 6.45) is 1.17. The lowest BCUT2D eigenvalue weighted by atomic mass is 9.66. The predicted molar refractivity (Wildman–Crippen MR) is 91.7 cm³/mol. The Kier molecular flexibility index (Phi) is 5.19. The van der Waals surface area contributed by atoms with Gasteiger partial charge < -0.3 is 4.90 Å². The van der Waals surface area contributed by atoms with Crippen LogP contribution in [0.25, 0.3) is 0 Å². The molecule has 0 heterocycles. The van der Waals surface area contributed by atoms with Crippen LogP contribution in [0.4, 0.5) is 0 Å². The largest absolute Gasteiger partial charge is 0.309 e. The second-order valence-corrected chi connectivity index (χ2v) is 6.30. The van der Waals surface area contributed by atoms with E-state index in [2.05, 4.69) is 93.5 Å². The third-order valence-corrected chi connectivity index (χ3v) is 4.64. The van der Waals surface area contributed by atoms with Crippen molar-refractivity contribution in [1.82, 2.24) is 4.90 Å². The molecule has 1 unspecified atom stereocenters. The molecule has 0 N–H and O–H groups in total. The molecule has 21 heavy (non-hydrogen) atoms. The van der Waals surface area contributed by atoms with Crippen molar-refractivity contribution in [3.8, 4) is 0 Å². The summed E-state index contributed by atoms with van der Waals surface area (Å²) in [6, 6.07) is 21.9. The number of nitrogens with zero attached hydrogens (tertiary/aromatic N) is 1. The van der Waals surface area contributed by atoms with Crippen LogP contribution in [-0.2, 0) is 5.41 Å². The molecule has 0 amide bonds. The van der Waals surface area contributed by atoms with Crippen molar-refractivity contribution in [2.24, 2.45) is 5.92 Å². The van der Waals surface area contributed by atoms with Crippen molar-refractivity contribution in [2.45, 2.75) is 25.7 Å². The van der Waals surface area contributed by atoms with Crippen LogP contribution in [0.2, 0.25) is 0 Å². The zero-order valence-electron chi connectivity index (χ0n) is 13.7. The highest BCUT2D eigenvalue weighted by atomic mass is 15.1. The highest BCUT2D eigenvalue weighted by Crippen LogP contribution is 2.40. The Labute approximate surface area is 129 Å². The van der Waals surface area contributed by atoms with Gasteiger partial charge in [-0.2, -0.15) is 0 Å². The smallest absolute Gasteiger partial charge is 0.0214 e. The molecule has 0 spiro atoms. The lowest BCUT2D eigenvalue weighted by Crippen LogP contribution is -2.39. The highest BCUT2D eigenvalue weighted by molar-refractivity contribution is 5.39. The van der Waals surface area contributed by atoms with E-state index in [9.17, 15) is 0 Å². The summed E-state index contributed by atoms with van der Waals surface area (Å²) < 4.78 is 0. The predicted octanol–water partition coefficient (Wildman–Crippen LogP) is 4.58. The molecule has 0 saturated heterocycles. The summed E-state index contributed by atoms with van der Waals surface area (Å²) in [7, 11) is 4.33. The zero-order chi connectivity index (χ0) is 15.3. The van der Waals surface area contributed by atoms with E-state index < -0.39 is 0 Å². The molecule has 0 aliphatic carbocycles. The Morgan fingerprint density at radius 2 is 1.29 bits per heavy atom. The van der Waals surface area contributed by atoms with E-state index in [1.807, 2.05) is 0 Å². The fourth-order valence-electron chi connectivity index (χ4n) is 3.37. The topological polar surface area (TPSA) is 3.24 Å². The van der Waals surface area contributed by atoms with Crippen LogP contribution in [-0.4, -0.2) is 25.5 Å². The van der Waals surface area contributed by atoms with Gasteiger partial charge in [-0.25, -0.2) is 0 Å². The lowest BCUT2D eigenvalue weighted by molar-refractivity contribution is 0.243. The fourth-order valence-corrected chi connectivity index (χ4v) is 3.37. The van der Waals surface area contributed by atoms with E-state index in [-0.39, 0.29) is 5.41 Å². The molecule has 2 rings (SSSR count). The van der Waals surface area contributed by atoms with Gasteiger partial charge in [0.2, 0.25) is 0 Å². The number of hydrogen-bond donors (Lipinski definition) is 0. The average Bonchev–Trinajstić information content (AvgIpc) is 2.53. The van der Waals surface area contributed by atoms with Crippen LogP contribution in [0.15, 0.2) is 60.7 Å². The van der Waals surface area contributed by atoms with E-state index in [4.69, 9.17) is 0 Å². The zero-order valence-corrected chi connectivity index (χ0v) is 13.7. The van der Waals surface area contributed by atoms with E-state index in [0.29, 0.717) is 5.92 Å². The van der Waals surface area contributed by atoms with Crippen molar-refractivity contribution < 1.29 is 0 Å². The molecule has 0 saturated carbocycles. The van der Waals surface area contributed by atoms with Gasteiger partial charge in [0.1, 0.15) is 0 Å². The van der Waals surface area contributed by atoms with Gasteiger partial charge >= 0.3 is 0 Å². The summed E-state index contributed by atoms with van der Waals surface area (Å²) in [5.41, 5.74) is 2.86. The average molecular weight is 281 g/mol. The molecule has 0 radical (unpaired) electrons. The maximum atomic E-state index is 2.40. The highest BCUT2D eigenvalue weighted by Gasteiger charge is 2.36. The minimum Gasteiger partial charge on any atom is -0.309 e. The van der Waals surface area contributed by atoms with Crippen molar-refractivity contribution in [1.29, 1.82) is 0 Å². The first-order valence-corrected chi connectivity index (χ1v) is 7.84. The maximum absolute atomic E-state index is 2.40. The molecule has 112 valence electrons. The van der Waals surface area contributed by atoms with Crippen LogP contribution in [0.1, 0.15) is 31.4 Å². The van der Waals surface area contributed by atoms with Crippen molar-refractivity contribution in [3.63, 3.8) is 0 Å². The Balaban J connectivity index is 2.53. The van der Waals surface area contributed by atoms with Gasteiger partial charge in [0.25, 0.3) is 0 Å². The molecular weight excluding hydrogens is 254 g/mol. The molecule has 1 nitrogen and oxygen atoms in total. The first-order chi connectivity index (χ1) is 10.1. The van der Waals surface area contributed by atoms with Crippen LogP contribution in [0.5, 0.6) is 0 Å². The Bertz CT molecular complexity index is 491. The summed E-state index contributed by atoms with van der Waals surface area (Å²) in [5, 5.41) is 0. The fraction of sp³-hybridized carbons (Fsp3) is 0.400. The van der Waals surface area contributed by atoms with Gasteiger partial charge in [-0.05, 0) is 31.1 Å². The minimum atomic E-state index is 0.0432. The summed E-state index contributed by atoms with van der Waals surface area (Å²) in [4.78, 5) is 2.30.